The Labute approximate surface area is 131 Å². The second-order valence-corrected chi connectivity index (χ2v) is 5.91. The van der Waals surface area contributed by atoms with Gasteiger partial charge in [-0.1, -0.05) is 37.6 Å². The van der Waals surface area contributed by atoms with Gasteiger partial charge in [0.15, 0.2) is 0 Å². The third kappa shape index (κ3) is 5.20. The summed E-state index contributed by atoms with van der Waals surface area (Å²) >= 11 is 5.94. The Morgan fingerprint density at radius 3 is 2.76 bits per heavy atom. The highest BCUT2D eigenvalue weighted by Crippen LogP contribution is 2.17. The van der Waals surface area contributed by atoms with Gasteiger partial charge in [0.2, 0.25) is 0 Å². The van der Waals surface area contributed by atoms with Gasteiger partial charge in [0.1, 0.15) is 18.1 Å². The van der Waals surface area contributed by atoms with Crippen molar-refractivity contribution in [2.24, 2.45) is 0 Å². The van der Waals surface area contributed by atoms with Crippen LogP contribution in [0.1, 0.15) is 36.5 Å². The molecule has 0 fully saturated rings. The Kier molecular flexibility index (Phi) is 5.85. The topological polar surface area (TPSA) is 34.4 Å². The van der Waals surface area contributed by atoms with E-state index in [4.69, 9.17) is 20.8 Å². The number of halogens is 1. The number of ether oxygens (including phenoxy) is 1. The lowest BCUT2D eigenvalue weighted by atomic mass is 10.2. The predicted octanol–water partition coefficient (Wildman–Crippen LogP) is 4.46. The van der Waals surface area contributed by atoms with Crippen LogP contribution in [0.3, 0.4) is 0 Å². The Hall–Kier alpha value is -1.29. The van der Waals surface area contributed by atoms with E-state index in [9.17, 15) is 0 Å². The average molecular weight is 308 g/mol. The number of benzene rings is 1. The van der Waals surface area contributed by atoms with Gasteiger partial charge in [-0.3, -0.25) is 0 Å². The minimum atomic E-state index is 0.442. The lowest BCUT2D eigenvalue weighted by Crippen LogP contribution is -2.21. The molecule has 0 aliphatic rings. The molecule has 0 unspecified atom stereocenters. The van der Waals surface area contributed by atoms with E-state index in [1.807, 2.05) is 30.3 Å². The van der Waals surface area contributed by atoms with E-state index in [1.54, 1.807) is 0 Å². The van der Waals surface area contributed by atoms with E-state index in [2.05, 4.69) is 26.1 Å². The van der Waals surface area contributed by atoms with Crippen molar-refractivity contribution in [1.29, 1.82) is 0 Å². The van der Waals surface area contributed by atoms with Crippen LogP contribution in [0.4, 0.5) is 0 Å². The van der Waals surface area contributed by atoms with Crippen LogP contribution in [0.5, 0.6) is 0 Å². The van der Waals surface area contributed by atoms with Crippen LogP contribution in [0.15, 0.2) is 34.7 Å². The molecule has 0 aliphatic carbocycles. The first-order chi connectivity index (χ1) is 10.0. The molecule has 0 spiro atoms. The van der Waals surface area contributed by atoms with Crippen LogP contribution in [-0.2, 0) is 24.5 Å². The van der Waals surface area contributed by atoms with Crippen LogP contribution < -0.4 is 5.32 Å². The smallest absolute Gasteiger partial charge is 0.130 e. The lowest BCUT2D eigenvalue weighted by Gasteiger charge is -2.06. The zero-order chi connectivity index (χ0) is 15.2. The first kappa shape index (κ1) is 16.1. The van der Waals surface area contributed by atoms with E-state index in [0.717, 1.165) is 34.2 Å². The predicted molar refractivity (Wildman–Crippen MR) is 85.4 cm³/mol. The van der Waals surface area contributed by atoms with Crippen molar-refractivity contribution < 1.29 is 9.15 Å². The summed E-state index contributed by atoms with van der Waals surface area (Å²) in [6.07, 6.45) is 0. The van der Waals surface area contributed by atoms with Crippen LogP contribution in [-0.4, -0.2) is 6.04 Å². The molecule has 0 radical (unpaired) electrons. The zero-order valence-electron chi connectivity index (χ0n) is 12.8. The van der Waals surface area contributed by atoms with E-state index in [-0.39, 0.29) is 0 Å². The average Bonchev–Trinajstić information content (AvgIpc) is 2.77. The molecule has 0 saturated heterocycles. The molecular formula is C17H22ClNO2. The van der Waals surface area contributed by atoms with E-state index in [0.29, 0.717) is 19.3 Å². The first-order valence-electron chi connectivity index (χ1n) is 7.18. The molecule has 1 aromatic heterocycles. The van der Waals surface area contributed by atoms with Crippen LogP contribution in [0.25, 0.3) is 0 Å². The van der Waals surface area contributed by atoms with Crippen molar-refractivity contribution in [2.75, 3.05) is 0 Å². The third-order valence-electron chi connectivity index (χ3n) is 3.14. The maximum Gasteiger partial charge on any atom is 0.130 e. The zero-order valence-corrected chi connectivity index (χ0v) is 13.5. The van der Waals surface area contributed by atoms with Gasteiger partial charge in [-0.15, -0.1) is 0 Å². The van der Waals surface area contributed by atoms with Gasteiger partial charge < -0.3 is 14.5 Å². The molecule has 21 heavy (non-hydrogen) atoms. The summed E-state index contributed by atoms with van der Waals surface area (Å²) in [5.74, 6) is 1.83. The molecule has 1 heterocycles. The summed E-state index contributed by atoms with van der Waals surface area (Å²) < 4.78 is 11.5. The van der Waals surface area contributed by atoms with Crippen LogP contribution in [0, 0.1) is 6.92 Å². The van der Waals surface area contributed by atoms with Crippen LogP contribution >= 0.6 is 11.6 Å². The van der Waals surface area contributed by atoms with Gasteiger partial charge in [0, 0.05) is 11.1 Å². The molecule has 4 heteroatoms. The molecule has 0 atom stereocenters. The second-order valence-electron chi connectivity index (χ2n) is 5.48. The SMILES string of the molecule is Cc1cc(COCc2cccc(Cl)c2)oc1CNC(C)C. The summed E-state index contributed by atoms with van der Waals surface area (Å²) in [4.78, 5) is 0. The molecule has 3 nitrogen and oxygen atoms in total. The first-order valence-corrected chi connectivity index (χ1v) is 7.56. The molecule has 0 aliphatic heterocycles. The van der Waals surface area contributed by atoms with Crippen molar-refractivity contribution in [3.8, 4) is 0 Å². The monoisotopic (exact) mass is 307 g/mol. The molecule has 0 saturated carbocycles. The van der Waals surface area contributed by atoms with Crippen molar-refractivity contribution in [3.63, 3.8) is 0 Å². The minimum Gasteiger partial charge on any atom is -0.462 e. The van der Waals surface area contributed by atoms with Crippen molar-refractivity contribution >= 4 is 11.6 Å². The minimum absolute atomic E-state index is 0.442. The fraction of sp³-hybridized carbons (Fsp3) is 0.412. The number of hydrogen-bond donors (Lipinski definition) is 1. The third-order valence-corrected chi connectivity index (χ3v) is 3.38. The number of hydrogen-bond acceptors (Lipinski definition) is 3. The van der Waals surface area contributed by atoms with Gasteiger partial charge in [-0.25, -0.2) is 0 Å². The second kappa shape index (κ2) is 7.64. The normalized spacial score (nSPS) is 11.3. The molecule has 1 aromatic carbocycles. The summed E-state index contributed by atoms with van der Waals surface area (Å²) in [7, 11) is 0. The lowest BCUT2D eigenvalue weighted by molar-refractivity contribution is 0.0919. The molecule has 2 aromatic rings. The Morgan fingerprint density at radius 2 is 2.05 bits per heavy atom. The standard InChI is InChI=1S/C17H22ClNO2/c1-12(2)19-9-17-13(3)7-16(21-17)11-20-10-14-5-4-6-15(18)8-14/h4-8,12,19H,9-11H2,1-3H3. The Bertz CT molecular complexity index is 578. The highest BCUT2D eigenvalue weighted by molar-refractivity contribution is 6.30. The number of nitrogens with one attached hydrogen (secondary N) is 1. The maximum atomic E-state index is 5.94. The maximum absolute atomic E-state index is 5.94. The summed E-state index contributed by atoms with van der Waals surface area (Å²) in [5.41, 5.74) is 2.22. The van der Waals surface area contributed by atoms with E-state index >= 15 is 0 Å². The van der Waals surface area contributed by atoms with E-state index in [1.165, 1.54) is 0 Å². The molecule has 0 amide bonds. The highest BCUT2D eigenvalue weighted by atomic mass is 35.5. The fourth-order valence-electron chi connectivity index (χ4n) is 2.03. The van der Waals surface area contributed by atoms with Gasteiger partial charge in [-0.2, -0.15) is 0 Å². The molecule has 0 bridgehead atoms. The summed E-state index contributed by atoms with van der Waals surface area (Å²) in [5, 5.41) is 4.08. The Morgan fingerprint density at radius 1 is 1.24 bits per heavy atom. The molecular weight excluding hydrogens is 286 g/mol. The molecule has 2 rings (SSSR count). The highest BCUT2D eigenvalue weighted by Gasteiger charge is 2.08. The largest absolute Gasteiger partial charge is 0.462 e. The fourth-order valence-corrected chi connectivity index (χ4v) is 2.24. The molecule has 114 valence electrons. The summed E-state index contributed by atoms with van der Waals surface area (Å²) in [6, 6.07) is 10.2. The van der Waals surface area contributed by atoms with Crippen LogP contribution in [0.2, 0.25) is 5.02 Å². The van der Waals surface area contributed by atoms with Gasteiger partial charge >= 0.3 is 0 Å². The van der Waals surface area contributed by atoms with E-state index < -0.39 is 0 Å². The summed E-state index contributed by atoms with van der Waals surface area (Å²) in [6.45, 7) is 8.04. The van der Waals surface area contributed by atoms with Gasteiger partial charge in [0.05, 0.1) is 13.2 Å². The number of furan rings is 1. The quantitative estimate of drug-likeness (QED) is 0.820. The van der Waals surface area contributed by atoms with Crippen molar-refractivity contribution in [2.45, 2.75) is 46.6 Å². The van der Waals surface area contributed by atoms with Gasteiger partial charge in [0.25, 0.3) is 0 Å². The van der Waals surface area contributed by atoms with Gasteiger partial charge in [-0.05, 0) is 36.2 Å². The Balaban J connectivity index is 1.84. The molecule has 1 N–H and O–H groups in total. The van der Waals surface area contributed by atoms with Crippen molar-refractivity contribution in [1.82, 2.24) is 5.32 Å². The van der Waals surface area contributed by atoms with Crippen molar-refractivity contribution in [3.05, 3.63) is 58.0 Å². The number of aryl methyl sites for hydroxylation is 1. The number of rotatable bonds is 7.